The summed E-state index contributed by atoms with van der Waals surface area (Å²) in [5.41, 5.74) is -3.45. The Morgan fingerprint density at radius 1 is 1.04 bits per heavy atom. The summed E-state index contributed by atoms with van der Waals surface area (Å²) in [6.45, 7) is 1.29. The second kappa shape index (κ2) is 7.01. The Morgan fingerprint density at radius 2 is 1.52 bits per heavy atom. The second-order valence-electron chi connectivity index (χ2n) is 4.39. The van der Waals surface area contributed by atoms with Gasteiger partial charge in [0.05, 0.1) is 17.7 Å². The van der Waals surface area contributed by atoms with Crippen LogP contribution in [0.5, 0.6) is 0 Å². The largest absolute Gasteiger partial charge is 0.461 e. The predicted octanol–water partition coefficient (Wildman–Crippen LogP) is 4.68. The fourth-order valence-electron chi connectivity index (χ4n) is 1.63. The normalized spacial score (nSPS) is 13.1. The Kier molecular flexibility index (Phi) is 5.79. The van der Waals surface area contributed by atoms with Crippen molar-refractivity contribution in [3.63, 3.8) is 0 Å². The molecule has 0 aliphatic carbocycles. The van der Waals surface area contributed by atoms with Crippen molar-refractivity contribution in [2.45, 2.75) is 25.7 Å². The first-order valence-corrected chi connectivity index (χ1v) is 6.26. The van der Waals surface area contributed by atoms with E-state index in [0.717, 1.165) is 0 Å². The average Bonchev–Trinajstić information content (AvgIpc) is 2.42. The summed E-state index contributed by atoms with van der Waals surface area (Å²) in [5.74, 6) is -2.73. The topological polar surface area (TPSA) is 26.3 Å². The third-order valence-electron chi connectivity index (χ3n) is 2.63. The van der Waals surface area contributed by atoms with Gasteiger partial charge in [-0.1, -0.05) is 0 Å². The van der Waals surface area contributed by atoms with Crippen LogP contribution in [-0.2, 0) is 28.3 Å². The molecule has 2 nitrogen and oxygen atoms in total. The van der Waals surface area contributed by atoms with E-state index in [1.807, 2.05) is 0 Å². The van der Waals surface area contributed by atoms with E-state index in [2.05, 4.69) is 4.74 Å². The number of allylic oxidation sites excluding steroid dienone is 1. The van der Waals surface area contributed by atoms with Gasteiger partial charge in [-0.25, -0.2) is 4.79 Å². The van der Waals surface area contributed by atoms with E-state index in [4.69, 9.17) is 0 Å². The maximum Gasteiger partial charge on any atom is 0.416 e. The number of rotatable bonds is 4. The highest BCUT2D eigenvalue weighted by Crippen LogP contribution is 2.36. The van der Waals surface area contributed by atoms with Crippen molar-refractivity contribution >= 4 is 5.97 Å². The zero-order valence-corrected chi connectivity index (χ0v) is 11.7. The Labute approximate surface area is 126 Å². The molecule has 1 aromatic carbocycles. The lowest BCUT2D eigenvalue weighted by molar-refractivity contribution is -0.143. The molecule has 0 aliphatic heterocycles. The van der Waals surface area contributed by atoms with E-state index in [0.29, 0.717) is 18.2 Å². The van der Waals surface area contributed by atoms with Crippen LogP contribution in [0, 0.1) is 0 Å². The number of esters is 1. The van der Waals surface area contributed by atoms with Gasteiger partial charge in [0.15, 0.2) is 0 Å². The van der Waals surface area contributed by atoms with E-state index in [1.165, 1.54) is 6.92 Å². The van der Waals surface area contributed by atoms with Crippen molar-refractivity contribution in [3.8, 4) is 0 Å². The minimum absolute atomic E-state index is 0.0328. The van der Waals surface area contributed by atoms with Gasteiger partial charge in [-0.05, 0) is 43.2 Å². The highest BCUT2D eigenvalue weighted by atomic mass is 19.4. The fraction of sp³-hybridized carbons (Fsp3) is 0.357. The first kappa shape index (κ1) is 19.0. The Balaban J connectivity index is 3.16. The highest BCUT2D eigenvalue weighted by Gasteiger charge is 2.36. The van der Waals surface area contributed by atoms with Crippen LogP contribution in [0.15, 0.2) is 30.1 Å². The molecule has 0 saturated carbocycles. The Hall–Kier alpha value is -2.06. The molecule has 0 bridgehead atoms. The average molecular weight is 344 g/mol. The molecule has 0 saturated heterocycles. The summed E-state index contributed by atoms with van der Waals surface area (Å²) in [7, 11) is 0. The van der Waals surface area contributed by atoms with Gasteiger partial charge in [-0.2, -0.15) is 30.7 Å². The summed E-state index contributed by atoms with van der Waals surface area (Å²) in [5, 5.41) is 0. The van der Waals surface area contributed by atoms with Gasteiger partial charge < -0.3 is 4.74 Å². The maximum atomic E-state index is 13.3. The van der Waals surface area contributed by atoms with E-state index >= 15 is 0 Å². The minimum Gasteiger partial charge on any atom is -0.461 e. The van der Waals surface area contributed by atoms with Crippen LogP contribution in [0.3, 0.4) is 0 Å². The third-order valence-corrected chi connectivity index (χ3v) is 2.63. The van der Waals surface area contributed by atoms with Crippen molar-refractivity contribution in [2.24, 2.45) is 0 Å². The molecule has 0 atom stereocenters. The summed E-state index contributed by atoms with van der Waals surface area (Å²) in [6.07, 6.45) is -10.0. The summed E-state index contributed by atoms with van der Waals surface area (Å²) >= 11 is 0. The van der Waals surface area contributed by atoms with Gasteiger partial charge in [0.1, 0.15) is 0 Å². The molecule has 0 N–H and O–H groups in total. The van der Waals surface area contributed by atoms with E-state index < -0.39 is 47.3 Å². The van der Waals surface area contributed by atoms with Gasteiger partial charge in [-0.3, -0.25) is 0 Å². The molecule has 0 amide bonds. The number of alkyl halides is 6. The smallest absolute Gasteiger partial charge is 0.416 e. The van der Waals surface area contributed by atoms with Crippen molar-refractivity contribution in [1.29, 1.82) is 0 Å². The lowest BCUT2D eigenvalue weighted by Gasteiger charge is -2.13. The first-order valence-electron chi connectivity index (χ1n) is 6.26. The van der Waals surface area contributed by atoms with Gasteiger partial charge in [-0.15, -0.1) is 0 Å². The number of halogens is 7. The van der Waals surface area contributed by atoms with Crippen LogP contribution in [-0.4, -0.2) is 12.6 Å². The predicted molar refractivity (Wildman–Crippen MR) is 66.0 cm³/mol. The minimum atomic E-state index is -4.99. The van der Waals surface area contributed by atoms with E-state index in [9.17, 15) is 35.5 Å². The molecular formula is C14H11F7O2. The molecule has 0 fully saturated rings. The van der Waals surface area contributed by atoms with E-state index in [-0.39, 0.29) is 12.7 Å². The van der Waals surface area contributed by atoms with Gasteiger partial charge in [0.2, 0.25) is 5.83 Å². The Bertz CT molecular complexity index is 568. The second-order valence-corrected chi connectivity index (χ2v) is 4.39. The van der Waals surface area contributed by atoms with Crippen molar-refractivity contribution in [2.75, 3.05) is 6.61 Å². The van der Waals surface area contributed by atoms with Crippen LogP contribution in [0.1, 0.15) is 23.6 Å². The quantitative estimate of drug-likeness (QED) is 0.450. The molecule has 1 aromatic rings. The number of hydrogen-bond donors (Lipinski definition) is 0. The molecule has 1 rings (SSSR count). The van der Waals surface area contributed by atoms with Crippen LogP contribution in [0.2, 0.25) is 0 Å². The zero-order chi connectivity index (χ0) is 17.8. The third kappa shape index (κ3) is 5.57. The number of carbonyl (C=O) groups excluding carboxylic acids is 1. The van der Waals surface area contributed by atoms with Crippen molar-refractivity contribution in [1.82, 2.24) is 0 Å². The molecule has 0 spiro atoms. The molecule has 0 aliphatic rings. The number of hydrogen-bond acceptors (Lipinski definition) is 2. The zero-order valence-electron chi connectivity index (χ0n) is 11.7. The maximum absolute atomic E-state index is 13.3. The molecule has 9 heteroatoms. The monoisotopic (exact) mass is 344 g/mol. The van der Waals surface area contributed by atoms with Crippen LogP contribution >= 0.6 is 0 Å². The standard InChI is InChI=1S/C14H11F7O2/c1-2-23-12(22)11(15)4-3-8-5-9(13(16,17)18)7-10(6-8)14(19,20)21/h4-7H,2-3H2,1H3. The molecule has 23 heavy (non-hydrogen) atoms. The molecule has 0 radical (unpaired) electrons. The van der Waals surface area contributed by atoms with Crippen molar-refractivity contribution < 1.29 is 40.3 Å². The SMILES string of the molecule is CCOC(=O)C(F)=CCc1cc(C(F)(F)F)cc(C(F)(F)F)c1. The lowest BCUT2D eigenvalue weighted by Crippen LogP contribution is -2.11. The van der Waals surface area contributed by atoms with Gasteiger partial charge in [0.25, 0.3) is 0 Å². The summed E-state index contributed by atoms with van der Waals surface area (Å²) in [4.78, 5) is 11.0. The lowest BCUT2D eigenvalue weighted by atomic mass is 10.0. The van der Waals surface area contributed by atoms with Gasteiger partial charge >= 0.3 is 18.3 Å². The molecular weight excluding hydrogens is 333 g/mol. The fourth-order valence-corrected chi connectivity index (χ4v) is 1.63. The van der Waals surface area contributed by atoms with E-state index in [1.54, 1.807) is 0 Å². The highest BCUT2D eigenvalue weighted by molar-refractivity contribution is 5.85. The summed E-state index contributed by atoms with van der Waals surface area (Å²) < 4.78 is 93.4. The van der Waals surface area contributed by atoms with Gasteiger partial charge in [0, 0.05) is 0 Å². The number of benzene rings is 1. The Morgan fingerprint density at radius 3 is 1.91 bits per heavy atom. The molecule has 0 unspecified atom stereocenters. The molecule has 0 aromatic heterocycles. The van der Waals surface area contributed by atoms with Crippen LogP contribution < -0.4 is 0 Å². The van der Waals surface area contributed by atoms with Crippen molar-refractivity contribution in [3.05, 3.63) is 46.8 Å². The molecule has 128 valence electrons. The van der Waals surface area contributed by atoms with Crippen LogP contribution in [0.4, 0.5) is 30.7 Å². The first-order chi connectivity index (χ1) is 10.4. The summed E-state index contributed by atoms with van der Waals surface area (Å²) in [6, 6.07) is 0.892. The number of ether oxygens (including phenoxy) is 1. The number of carbonyl (C=O) groups is 1. The molecule has 0 heterocycles. The van der Waals surface area contributed by atoms with Crippen LogP contribution in [0.25, 0.3) is 0 Å².